The highest BCUT2D eigenvalue weighted by molar-refractivity contribution is 6.43. The van der Waals surface area contributed by atoms with Gasteiger partial charge in [-0.1, -0.05) is 30.3 Å². The van der Waals surface area contributed by atoms with E-state index in [1.54, 1.807) is 0 Å². The zero-order chi connectivity index (χ0) is 19.8. The number of carbonyl (C=O) groups excluding carboxylic acids is 3. The Bertz CT molecular complexity index is 639. The number of hydrogen-bond acceptors (Lipinski definition) is 6. The fraction of sp³-hybridized carbons (Fsp3) is 0.500. The molecule has 146 valence electrons. The SMILES string of the molecule is COC[C@H](C(=O)N[C@@H](CCCc1ccccc1)B(O)O)N1C(=O)CCC1=O. The molecule has 0 spiro atoms. The Morgan fingerprint density at radius 1 is 1.22 bits per heavy atom. The molecule has 27 heavy (non-hydrogen) atoms. The summed E-state index contributed by atoms with van der Waals surface area (Å²) < 4.78 is 4.98. The zero-order valence-electron chi connectivity index (χ0n) is 15.3. The molecule has 1 aliphatic heterocycles. The van der Waals surface area contributed by atoms with Crippen LogP contribution < -0.4 is 5.32 Å². The first-order valence-corrected chi connectivity index (χ1v) is 8.98. The summed E-state index contributed by atoms with van der Waals surface area (Å²) >= 11 is 0. The van der Waals surface area contributed by atoms with Gasteiger partial charge < -0.3 is 20.1 Å². The van der Waals surface area contributed by atoms with Crippen molar-refractivity contribution in [3.05, 3.63) is 35.9 Å². The summed E-state index contributed by atoms with van der Waals surface area (Å²) in [6.07, 6.45) is 1.82. The van der Waals surface area contributed by atoms with E-state index in [0.29, 0.717) is 12.8 Å². The molecule has 3 N–H and O–H groups in total. The van der Waals surface area contributed by atoms with Crippen molar-refractivity contribution in [1.82, 2.24) is 10.2 Å². The van der Waals surface area contributed by atoms with Gasteiger partial charge in [-0.05, 0) is 24.8 Å². The molecule has 0 aliphatic carbocycles. The number of nitrogens with one attached hydrogen (secondary N) is 1. The number of amides is 3. The Balaban J connectivity index is 1.96. The maximum absolute atomic E-state index is 12.6. The van der Waals surface area contributed by atoms with Gasteiger partial charge in [-0.15, -0.1) is 0 Å². The summed E-state index contributed by atoms with van der Waals surface area (Å²) in [6.45, 7) is -0.151. The van der Waals surface area contributed by atoms with E-state index >= 15 is 0 Å². The fourth-order valence-corrected chi connectivity index (χ4v) is 3.11. The molecule has 2 rings (SSSR count). The third-order valence-corrected chi connectivity index (χ3v) is 4.54. The van der Waals surface area contributed by atoms with E-state index in [9.17, 15) is 24.4 Å². The number of hydrogen-bond donors (Lipinski definition) is 3. The van der Waals surface area contributed by atoms with Crippen LogP contribution >= 0.6 is 0 Å². The van der Waals surface area contributed by atoms with Crippen LogP contribution in [0.1, 0.15) is 31.2 Å². The van der Waals surface area contributed by atoms with E-state index in [4.69, 9.17) is 4.74 Å². The molecule has 1 fully saturated rings. The molecule has 1 aromatic rings. The molecule has 2 atom stereocenters. The number of rotatable bonds is 10. The standard InChI is InChI=1S/C18H25BN2O6/c1-27-12-14(21-16(22)10-11-17(21)23)18(24)20-15(19(25)26)9-5-8-13-6-3-2-4-7-13/h2-4,6-7,14-15,25-26H,5,8-12H2,1H3,(H,20,24)/t14-,15+/m1/s1. The number of likely N-dealkylation sites (tertiary alicyclic amines) is 1. The predicted octanol–water partition coefficient (Wildman–Crippen LogP) is -0.330. The maximum Gasteiger partial charge on any atom is 0.475 e. The van der Waals surface area contributed by atoms with Gasteiger partial charge in [-0.2, -0.15) is 0 Å². The molecular weight excluding hydrogens is 351 g/mol. The van der Waals surface area contributed by atoms with E-state index in [0.717, 1.165) is 16.9 Å². The number of ether oxygens (including phenoxy) is 1. The average molecular weight is 376 g/mol. The molecule has 1 aromatic carbocycles. The molecule has 1 heterocycles. The number of nitrogens with zero attached hydrogens (tertiary/aromatic N) is 1. The lowest BCUT2D eigenvalue weighted by atomic mass is 9.76. The van der Waals surface area contributed by atoms with Gasteiger partial charge in [0.15, 0.2) is 0 Å². The van der Waals surface area contributed by atoms with Gasteiger partial charge in [-0.3, -0.25) is 19.3 Å². The predicted molar refractivity (Wildman–Crippen MR) is 98.3 cm³/mol. The van der Waals surface area contributed by atoms with Crippen LogP contribution in [0.15, 0.2) is 30.3 Å². The third kappa shape index (κ3) is 5.88. The lowest BCUT2D eigenvalue weighted by Gasteiger charge is -2.27. The Hall–Kier alpha value is -2.23. The molecule has 3 amide bonds. The van der Waals surface area contributed by atoms with Crippen molar-refractivity contribution in [2.75, 3.05) is 13.7 Å². The van der Waals surface area contributed by atoms with E-state index in [-0.39, 0.29) is 19.4 Å². The van der Waals surface area contributed by atoms with Crippen LogP contribution in [-0.2, 0) is 25.5 Å². The van der Waals surface area contributed by atoms with Crippen molar-refractivity contribution < 1.29 is 29.2 Å². The van der Waals surface area contributed by atoms with Crippen molar-refractivity contribution in [1.29, 1.82) is 0 Å². The Morgan fingerprint density at radius 3 is 2.41 bits per heavy atom. The van der Waals surface area contributed by atoms with Crippen LogP contribution in [0.25, 0.3) is 0 Å². The molecule has 1 aliphatic rings. The maximum atomic E-state index is 12.6. The number of imide groups is 1. The van der Waals surface area contributed by atoms with Gasteiger partial charge in [-0.25, -0.2) is 0 Å². The molecule has 0 bridgehead atoms. The highest BCUT2D eigenvalue weighted by Crippen LogP contribution is 2.16. The van der Waals surface area contributed by atoms with Crippen molar-refractivity contribution >= 4 is 24.8 Å². The van der Waals surface area contributed by atoms with E-state index in [1.165, 1.54) is 7.11 Å². The molecule has 0 aromatic heterocycles. The summed E-state index contributed by atoms with van der Waals surface area (Å²) in [6, 6.07) is 8.60. The van der Waals surface area contributed by atoms with Crippen LogP contribution in [-0.4, -0.2) is 65.5 Å². The summed E-state index contributed by atoms with van der Waals surface area (Å²) in [4.78, 5) is 37.4. The van der Waals surface area contributed by atoms with Crippen LogP contribution in [0, 0.1) is 0 Å². The summed E-state index contributed by atoms with van der Waals surface area (Å²) in [5.41, 5.74) is 1.11. The fourth-order valence-electron chi connectivity index (χ4n) is 3.11. The molecule has 0 unspecified atom stereocenters. The Morgan fingerprint density at radius 2 is 1.85 bits per heavy atom. The molecule has 1 saturated heterocycles. The molecular formula is C18H25BN2O6. The van der Waals surface area contributed by atoms with Gasteiger partial charge in [0.25, 0.3) is 0 Å². The number of benzene rings is 1. The van der Waals surface area contributed by atoms with Gasteiger partial charge >= 0.3 is 7.12 Å². The smallest absolute Gasteiger partial charge is 0.426 e. The first kappa shape index (κ1) is 21.1. The van der Waals surface area contributed by atoms with Crippen molar-refractivity contribution in [3.63, 3.8) is 0 Å². The number of aryl methyl sites for hydroxylation is 1. The number of carbonyl (C=O) groups is 3. The minimum absolute atomic E-state index is 0.0649. The minimum Gasteiger partial charge on any atom is -0.426 e. The molecule has 0 radical (unpaired) electrons. The summed E-state index contributed by atoms with van der Waals surface area (Å²) in [5.74, 6) is -2.41. The van der Waals surface area contributed by atoms with E-state index in [1.807, 2.05) is 30.3 Å². The van der Waals surface area contributed by atoms with Gasteiger partial charge in [0, 0.05) is 20.0 Å². The van der Waals surface area contributed by atoms with Crippen LogP contribution in [0.4, 0.5) is 0 Å². The quantitative estimate of drug-likeness (QED) is 0.380. The molecule has 9 heteroatoms. The summed E-state index contributed by atoms with van der Waals surface area (Å²) in [7, 11) is -0.387. The van der Waals surface area contributed by atoms with Crippen LogP contribution in [0.2, 0.25) is 0 Å². The third-order valence-electron chi connectivity index (χ3n) is 4.54. The first-order valence-electron chi connectivity index (χ1n) is 8.98. The zero-order valence-corrected chi connectivity index (χ0v) is 15.3. The van der Waals surface area contributed by atoms with Crippen LogP contribution in [0.5, 0.6) is 0 Å². The lowest BCUT2D eigenvalue weighted by molar-refractivity contribution is -0.148. The average Bonchev–Trinajstić information content (AvgIpc) is 2.98. The lowest BCUT2D eigenvalue weighted by Crippen LogP contribution is -2.56. The highest BCUT2D eigenvalue weighted by atomic mass is 16.5. The van der Waals surface area contributed by atoms with Gasteiger partial charge in [0.05, 0.1) is 12.5 Å². The van der Waals surface area contributed by atoms with Crippen molar-refractivity contribution in [3.8, 4) is 0 Å². The Labute approximate surface area is 158 Å². The number of methoxy groups -OCH3 is 1. The normalized spacial score (nSPS) is 16.3. The second-order valence-electron chi connectivity index (χ2n) is 6.54. The molecule has 0 saturated carbocycles. The summed E-state index contributed by atoms with van der Waals surface area (Å²) in [5, 5.41) is 21.7. The van der Waals surface area contributed by atoms with Crippen LogP contribution in [0.3, 0.4) is 0 Å². The second kappa shape index (κ2) is 10.2. The highest BCUT2D eigenvalue weighted by Gasteiger charge is 2.40. The topological polar surface area (TPSA) is 116 Å². The monoisotopic (exact) mass is 376 g/mol. The van der Waals surface area contributed by atoms with Gasteiger partial charge in [0.2, 0.25) is 17.7 Å². The minimum atomic E-state index is -1.75. The Kier molecular flexibility index (Phi) is 7.96. The van der Waals surface area contributed by atoms with E-state index in [2.05, 4.69) is 5.32 Å². The largest absolute Gasteiger partial charge is 0.475 e. The van der Waals surface area contributed by atoms with Crippen molar-refractivity contribution in [2.45, 2.75) is 44.1 Å². The second-order valence-corrected chi connectivity index (χ2v) is 6.54. The first-order chi connectivity index (χ1) is 12.9. The van der Waals surface area contributed by atoms with Gasteiger partial charge in [0.1, 0.15) is 6.04 Å². The molecule has 8 nitrogen and oxygen atoms in total. The van der Waals surface area contributed by atoms with Crippen molar-refractivity contribution in [2.24, 2.45) is 0 Å². The van der Waals surface area contributed by atoms with E-state index < -0.39 is 36.8 Å².